The lowest BCUT2D eigenvalue weighted by atomic mass is 9.84. The summed E-state index contributed by atoms with van der Waals surface area (Å²) in [4.78, 5) is 0. The Morgan fingerprint density at radius 1 is 1.10 bits per heavy atom. The standard InChI is InChI=1S/C17H25NO2/c1-2-13-7-9-14(10-8-13)18-11-15-12-19-16-5-3-4-6-17(16)20-15/h3-6,13-15,18H,2,7-12H2,1H3. The molecule has 1 N–H and O–H groups in total. The minimum atomic E-state index is 0.133. The Balaban J connectivity index is 1.44. The molecular weight excluding hydrogens is 250 g/mol. The van der Waals surface area contributed by atoms with E-state index in [1.165, 1.54) is 32.1 Å². The molecule has 0 aromatic heterocycles. The fourth-order valence-corrected chi connectivity index (χ4v) is 3.24. The van der Waals surface area contributed by atoms with E-state index in [9.17, 15) is 0 Å². The van der Waals surface area contributed by atoms with Crippen LogP contribution in [0.2, 0.25) is 0 Å². The maximum Gasteiger partial charge on any atom is 0.161 e. The Morgan fingerprint density at radius 2 is 1.85 bits per heavy atom. The van der Waals surface area contributed by atoms with Crippen LogP contribution in [0.15, 0.2) is 24.3 Å². The maximum absolute atomic E-state index is 5.98. The van der Waals surface area contributed by atoms with Gasteiger partial charge in [0.05, 0.1) is 0 Å². The Kier molecular flexibility index (Phi) is 4.46. The molecule has 0 bridgehead atoms. The first-order valence-corrected chi connectivity index (χ1v) is 7.97. The molecule has 110 valence electrons. The van der Waals surface area contributed by atoms with Crippen molar-refractivity contribution in [2.75, 3.05) is 13.2 Å². The third kappa shape index (κ3) is 3.26. The molecule has 0 amide bonds. The summed E-state index contributed by atoms with van der Waals surface area (Å²) in [6, 6.07) is 8.58. The molecule has 3 nitrogen and oxygen atoms in total. The summed E-state index contributed by atoms with van der Waals surface area (Å²) in [6.07, 6.45) is 6.83. The number of fused-ring (bicyclic) bond motifs is 1. The maximum atomic E-state index is 5.98. The molecule has 1 aromatic rings. The number of ether oxygens (including phenoxy) is 2. The van der Waals surface area contributed by atoms with Gasteiger partial charge in [0, 0.05) is 12.6 Å². The predicted octanol–water partition coefficient (Wildman–Crippen LogP) is 3.38. The molecule has 1 unspecified atom stereocenters. The highest BCUT2D eigenvalue weighted by atomic mass is 16.6. The minimum Gasteiger partial charge on any atom is -0.486 e. The van der Waals surface area contributed by atoms with Crippen molar-refractivity contribution in [3.8, 4) is 11.5 Å². The van der Waals surface area contributed by atoms with Crippen LogP contribution in [0.4, 0.5) is 0 Å². The van der Waals surface area contributed by atoms with Gasteiger partial charge in [0.1, 0.15) is 12.7 Å². The number of benzene rings is 1. The highest BCUT2D eigenvalue weighted by molar-refractivity contribution is 5.40. The van der Waals surface area contributed by atoms with E-state index in [0.29, 0.717) is 12.6 Å². The summed E-state index contributed by atoms with van der Waals surface area (Å²) in [5.41, 5.74) is 0. The largest absolute Gasteiger partial charge is 0.486 e. The third-order valence-corrected chi connectivity index (χ3v) is 4.63. The quantitative estimate of drug-likeness (QED) is 0.913. The van der Waals surface area contributed by atoms with Gasteiger partial charge in [-0.25, -0.2) is 0 Å². The summed E-state index contributed by atoms with van der Waals surface area (Å²) in [5.74, 6) is 2.70. The van der Waals surface area contributed by atoms with Crippen LogP contribution in [0.5, 0.6) is 11.5 Å². The van der Waals surface area contributed by atoms with E-state index < -0.39 is 0 Å². The SMILES string of the molecule is CCC1CCC(NCC2COc3ccccc3O2)CC1. The van der Waals surface area contributed by atoms with Crippen molar-refractivity contribution < 1.29 is 9.47 Å². The van der Waals surface area contributed by atoms with Crippen molar-refractivity contribution in [3.05, 3.63) is 24.3 Å². The lowest BCUT2D eigenvalue weighted by Crippen LogP contribution is -2.43. The molecule has 0 spiro atoms. The first kappa shape index (κ1) is 13.7. The molecule has 1 heterocycles. The summed E-state index contributed by atoms with van der Waals surface area (Å²) in [7, 11) is 0. The van der Waals surface area contributed by atoms with Crippen LogP contribution in [0.1, 0.15) is 39.0 Å². The lowest BCUT2D eigenvalue weighted by Gasteiger charge is -2.31. The van der Waals surface area contributed by atoms with Gasteiger partial charge in [-0.1, -0.05) is 25.5 Å². The second kappa shape index (κ2) is 6.49. The van der Waals surface area contributed by atoms with Crippen LogP contribution >= 0.6 is 0 Å². The fourth-order valence-electron chi connectivity index (χ4n) is 3.24. The van der Waals surface area contributed by atoms with Crippen molar-refractivity contribution in [2.45, 2.75) is 51.2 Å². The molecule has 1 aliphatic heterocycles. The Bertz CT molecular complexity index is 427. The van der Waals surface area contributed by atoms with Gasteiger partial charge in [-0.15, -0.1) is 0 Å². The zero-order chi connectivity index (χ0) is 13.8. The number of hydrogen-bond donors (Lipinski definition) is 1. The molecule has 1 aliphatic carbocycles. The molecule has 3 rings (SSSR count). The van der Waals surface area contributed by atoms with Crippen LogP contribution in [-0.4, -0.2) is 25.3 Å². The van der Waals surface area contributed by atoms with E-state index in [4.69, 9.17) is 9.47 Å². The molecule has 0 radical (unpaired) electrons. The predicted molar refractivity (Wildman–Crippen MR) is 80.4 cm³/mol. The van der Waals surface area contributed by atoms with Crippen molar-refractivity contribution >= 4 is 0 Å². The van der Waals surface area contributed by atoms with Gasteiger partial charge in [-0.05, 0) is 43.7 Å². The van der Waals surface area contributed by atoms with Gasteiger partial charge < -0.3 is 14.8 Å². The molecule has 2 aliphatic rings. The van der Waals surface area contributed by atoms with Gasteiger partial charge >= 0.3 is 0 Å². The van der Waals surface area contributed by atoms with Crippen LogP contribution in [0.3, 0.4) is 0 Å². The topological polar surface area (TPSA) is 30.5 Å². The Labute approximate surface area is 121 Å². The van der Waals surface area contributed by atoms with Crippen LogP contribution in [0.25, 0.3) is 0 Å². The van der Waals surface area contributed by atoms with Crippen LogP contribution < -0.4 is 14.8 Å². The molecule has 1 atom stereocenters. The van der Waals surface area contributed by atoms with E-state index in [0.717, 1.165) is 24.0 Å². The van der Waals surface area contributed by atoms with Gasteiger partial charge in [0.2, 0.25) is 0 Å². The van der Waals surface area contributed by atoms with E-state index >= 15 is 0 Å². The van der Waals surface area contributed by atoms with E-state index in [-0.39, 0.29) is 6.10 Å². The first-order valence-electron chi connectivity index (χ1n) is 7.97. The van der Waals surface area contributed by atoms with Gasteiger partial charge in [-0.2, -0.15) is 0 Å². The van der Waals surface area contributed by atoms with E-state index in [2.05, 4.69) is 12.2 Å². The fraction of sp³-hybridized carbons (Fsp3) is 0.647. The van der Waals surface area contributed by atoms with Crippen LogP contribution in [0, 0.1) is 5.92 Å². The summed E-state index contributed by atoms with van der Waals surface area (Å²) < 4.78 is 11.7. The highest BCUT2D eigenvalue weighted by Gasteiger charge is 2.23. The Hall–Kier alpha value is -1.22. The zero-order valence-electron chi connectivity index (χ0n) is 12.3. The second-order valence-electron chi connectivity index (χ2n) is 6.03. The molecule has 20 heavy (non-hydrogen) atoms. The van der Waals surface area contributed by atoms with Gasteiger partial charge in [-0.3, -0.25) is 0 Å². The number of para-hydroxylation sites is 2. The second-order valence-corrected chi connectivity index (χ2v) is 6.03. The average Bonchev–Trinajstić information content (AvgIpc) is 2.53. The van der Waals surface area contributed by atoms with Crippen molar-refractivity contribution in [3.63, 3.8) is 0 Å². The summed E-state index contributed by atoms with van der Waals surface area (Å²) >= 11 is 0. The number of hydrogen-bond acceptors (Lipinski definition) is 3. The molecule has 1 fully saturated rings. The van der Waals surface area contributed by atoms with Gasteiger partial charge in [0.15, 0.2) is 11.5 Å². The van der Waals surface area contributed by atoms with E-state index in [1.54, 1.807) is 0 Å². The van der Waals surface area contributed by atoms with Crippen molar-refractivity contribution in [1.29, 1.82) is 0 Å². The monoisotopic (exact) mass is 275 g/mol. The normalized spacial score (nSPS) is 29.1. The molecule has 1 aromatic carbocycles. The van der Waals surface area contributed by atoms with E-state index in [1.807, 2.05) is 24.3 Å². The summed E-state index contributed by atoms with van der Waals surface area (Å²) in [6.45, 7) is 3.84. The Morgan fingerprint density at radius 3 is 2.60 bits per heavy atom. The number of rotatable bonds is 4. The summed E-state index contributed by atoms with van der Waals surface area (Å²) in [5, 5.41) is 3.66. The molecular formula is C17H25NO2. The highest BCUT2D eigenvalue weighted by Crippen LogP contribution is 2.31. The number of nitrogens with one attached hydrogen (secondary N) is 1. The molecule has 3 heteroatoms. The van der Waals surface area contributed by atoms with Crippen molar-refractivity contribution in [1.82, 2.24) is 5.32 Å². The molecule has 1 saturated carbocycles. The average molecular weight is 275 g/mol. The smallest absolute Gasteiger partial charge is 0.161 e. The van der Waals surface area contributed by atoms with Gasteiger partial charge in [0.25, 0.3) is 0 Å². The molecule has 0 saturated heterocycles. The lowest BCUT2D eigenvalue weighted by molar-refractivity contribution is 0.0860. The minimum absolute atomic E-state index is 0.133. The third-order valence-electron chi connectivity index (χ3n) is 4.63. The zero-order valence-corrected chi connectivity index (χ0v) is 12.3. The first-order chi connectivity index (χ1) is 9.85. The van der Waals surface area contributed by atoms with Crippen LogP contribution in [-0.2, 0) is 0 Å². The van der Waals surface area contributed by atoms with Crippen molar-refractivity contribution in [2.24, 2.45) is 5.92 Å².